The number of morpholine rings is 1. The van der Waals surface area contributed by atoms with E-state index in [4.69, 9.17) is 9.26 Å². The van der Waals surface area contributed by atoms with E-state index in [0.717, 1.165) is 21.9 Å². The van der Waals surface area contributed by atoms with Crippen LogP contribution < -0.4 is 0 Å². The van der Waals surface area contributed by atoms with Crippen LogP contribution in [0.1, 0.15) is 42.6 Å². The maximum atomic E-state index is 13.1. The Morgan fingerprint density at radius 1 is 1.40 bits per heavy atom. The van der Waals surface area contributed by atoms with Gasteiger partial charge >= 0.3 is 0 Å². The first-order valence-electron chi connectivity index (χ1n) is 8.45. The summed E-state index contributed by atoms with van der Waals surface area (Å²) in [4.78, 5) is 15.9. The van der Waals surface area contributed by atoms with Crippen LogP contribution in [0.5, 0.6) is 0 Å². The van der Waals surface area contributed by atoms with Gasteiger partial charge in [0.15, 0.2) is 0 Å². The molecule has 0 N–H and O–H groups in total. The number of hydrogen-bond donors (Lipinski definition) is 0. The van der Waals surface area contributed by atoms with Crippen molar-refractivity contribution in [2.24, 2.45) is 0 Å². The molecule has 3 rings (SSSR count). The van der Waals surface area contributed by atoms with Gasteiger partial charge in [0.05, 0.1) is 28.7 Å². The molecule has 1 amide bonds. The van der Waals surface area contributed by atoms with Crippen molar-refractivity contribution in [2.75, 3.05) is 13.1 Å². The molecule has 0 saturated carbocycles. The third kappa shape index (κ3) is 4.44. The summed E-state index contributed by atoms with van der Waals surface area (Å²) < 4.78 is 11.2. The van der Waals surface area contributed by atoms with E-state index < -0.39 is 0 Å². The molecule has 1 aromatic carbocycles. The van der Waals surface area contributed by atoms with Gasteiger partial charge < -0.3 is 14.2 Å². The summed E-state index contributed by atoms with van der Waals surface area (Å²) in [6, 6.07) is 9.66. The molecule has 2 aromatic rings. The van der Waals surface area contributed by atoms with Crippen LogP contribution in [0.4, 0.5) is 0 Å². The largest absolute Gasteiger partial charge is 0.369 e. The molecule has 0 spiro atoms. The second-order valence-electron chi connectivity index (χ2n) is 7.09. The zero-order chi connectivity index (χ0) is 18.0. The number of aryl methyl sites for hydroxylation is 1. The molecule has 1 atom stereocenters. The summed E-state index contributed by atoms with van der Waals surface area (Å²) in [7, 11) is 0. The number of benzene rings is 1. The number of rotatable bonds is 4. The molecule has 2 heterocycles. The van der Waals surface area contributed by atoms with Gasteiger partial charge in [0.2, 0.25) is 0 Å². The molecule has 1 saturated heterocycles. The van der Waals surface area contributed by atoms with Crippen LogP contribution in [0.15, 0.2) is 39.8 Å². The number of ether oxygens (including phenoxy) is 1. The number of carbonyl (C=O) groups is 1. The average molecular weight is 360 g/mol. The SMILES string of the molecule is Cc1cc(CSc2ccccc2C(=O)N2C[C@H](C)OC(C)(C)C2)on1. The van der Waals surface area contributed by atoms with E-state index in [2.05, 4.69) is 5.16 Å². The van der Waals surface area contributed by atoms with Crippen LogP contribution >= 0.6 is 11.8 Å². The summed E-state index contributed by atoms with van der Waals surface area (Å²) in [6.45, 7) is 9.16. The first kappa shape index (κ1) is 18.0. The molecule has 6 heteroatoms. The lowest BCUT2D eigenvalue weighted by atomic mass is 10.0. The van der Waals surface area contributed by atoms with Crippen molar-refractivity contribution in [3.05, 3.63) is 47.3 Å². The van der Waals surface area contributed by atoms with Crippen molar-refractivity contribution in [1.29, 1.82) is 0 Å². The van der Waals surface area contributed by atoms with Crippen molar-refractivity contribution in [3.8, 4) is 0 Å². The predicted molar refractivity (Wildman–Crippen MR) is 97.8 cm³/mol. The van der Waals surface area contributed by atoms with Crippen LogP contribution in [0, 0.1) is 6.92 Å². The zero-order valence-corrected chi connectivity index (χ0v) is 15.9. The highest BCUT2D eigenvalue weighted by molar-refractivity contribution is 7.98. The quantitative estimate of drug-likeness (QED) is 0.774. The fourth-order valence-corrected chi connectivity index (χ4v) is 4.10. The van der Waals surface area contributed by atoms with E-state index in [-0.39, 0.29) is 17.6 Å². The standard InChI is InChI=1S/C19H24N2O3S/c1-13-9-15(24-20-13)11-25-17-8-6-5-7-16(17)18(22)21-10-14(2)23-19(3,4)12-21/h5-9,14H,10-12H2,1-4H3/t14-/m0/s1. The minimum atomic E-state index is -0.327. The van der Waals surface area contributed by atoms with E-state index in [9.17, 15) is 4.79 Å². The van der Waals surface area contributed by atoms with Gasteiger partial charge in [-0.2, -0.15) is 0 Å². The predicted octanol–water partition coefficient (Wildman–Crippen LogP) is 3.91. The molecule has 1 aliphatic rings. The second kappa shape index (κ2) is 7.22. The molecule has 134 valence electrons. The van der Waals surface area contributed by atoms with E-state index in [1.165, 1.54) is 0 Å². The van der Waals surface area contributed by atoms with Crippen LogP contribution in [-0.2, 0) is 10.5 Å². The first-order valence-corrected chi connectivity index (χ1v) is 9.44. The number of aromatic nitrogens is 1. The van der Waals surface area contributed by atoms with Gasteiger partial charge in [0.25, 0.3) is 5.91 Å². The Morgan fingerprint density at radius 3 is 2.84 bits per heavy atom. The molecule has 25 heavy (non-hydrogen) atoms. The van der Waals surface area contributed by atoms with E-state index in [0.29, 0.717) is 18.8 Å². The normalized spacial score (nSPS) is 19.8. The van der Waals surface area contributed by atoms with Gasteiger partial charge in [-0.05, 0) is 39.8 Å². The van der Waals surface area contributed by atoms with Crippen molar-refractivity contribution in [1.82, 2.24) is 10.1 Å². The van der Waals surface area contributed by atoms with Gasteiger partial charge in [-0.15, -0.1) is 11.8 Å². The molecule has 1 fully saturated rings. The third-order valence-electron chi connectivity index (χ3n) is 4.02. The van der Waals surface area contributed by atoms with Crippen LogP contribution in [-0.4, -0.2) is 40.8 Å². The maximum absolute atomic E-state index is 13.1. The van der Waals surface area contributed by atoms with Gasteiger partial charge in [-0.3, -0.25) is 4.79 Å². The number of nitrogens with zero attached hydrogens (tertiary/aromatic N) is 2. The lowest BCUT2D eigenvalue weighted by Gasteiger charge is -2.41. The summed E-state index contributed by atoms with van der Waals surface area (Å²) in [5.74, 6) is 1.52. The first-order chi connectivity index (χ1) is 11.8. The van der Waals surface area contributed by atoms with Crippen LogP contribution in [0.2, 0.25) is 0 Å². The number of amides is 1. The van der Waals surface area contributed by atoms with Crippen LogP contribution in [0.3, 0.4) is 0 Å². The fraction of sp³-hybridized carbons (Fsp3) is 0.474. The lowest BCUT2D eigenvalue weighted by Crippen LogP contribution is -2.53. The van der Waals surface area contributed by atoms with Gasteiger partial charge in [0.1, 0.15) is 5.76 Å². The summed E-state index contributed by atoms with van der Waals surface area (Å²) >= 11 is 1.59. The van der Waals surface area contributed by atoms with Crippen LogP contribution in [0.25, 0.3) is 0 Å². The Kier molecular flexibility index (Phi) is 5.20. The molecule has 0 bridgehead atoms. The Bertz CT molecular complexity index is 757. The Balaban J connectivity index is 1.76. The molecular formula is C19H24N2O3S. The van der Waals surface area contributed by atoms with E-state index in [1.807, 2.05) is 62.9 Å². The highest BCUT2D eigenvalue weighted by Gasteiger charge is 2.34. The molecule has 0 unspecified atom stereocenters. The lowest BCUT2D eigenvalue weighted by molar-refractivity contribution is -0.118. The Morgan fingerprint density at radius 2 is 2.16 bits per heavy atom. The minimum Gasteiger partial charge on any atom is -0.369 e. The van der Waals surface area contributed by atoms with Crippen molar-refractivity contribution >= 4 is 17.7 Å². The smallest absolute Gasteiger partial charge is 0.255 e. The van der Waals surface area contributed by atoms with Crippen molar-refractivity contribution in [2.45, 2.75) is 50.0 Å². The van der Waals surface area contributed by atoms with Gasteiger partial charge in [-0.1, -0.05) is 17.3 Å². The van der Waals surface area contributed by atoms with Crippen molar-refractivity contribution < 1.29 is 14.1 Å². The van der Waals surface area contributed by atoms with Crippen molar-refractivity contribution in [3.63, 3.8) is 0 Å². The summed E-state index contributed by atoms with van der Waals surface area (Å²) in [6.07, 6.45) is 0.0321. The molecule has 1 aromatic heterocycles. The van der Waals surface area contributed by atoms with Gasteiger partial charge in [-0.25, -0.2) is 0 Å². The third-order valence-corrected chi connectivity index (χ3v) is 5.12. The minimum absolute atomic E-state index is 0.0321. The molecule has 0 radical (unpaired) electrons. The summed E-state index contributed by atoms with van der Waals surface area (Å²) in [5, 5.41) is 3.91. The Labute approximate surface area is 152 Å². The average Bonchev–Trinajstić information content (AvgIpc) is 2.96. The topological polar surface area (TPSA) is 55.6 Å². The maximum Gasteiger partial charge on any atom is 0.255 e. The summed E-state index contributed by atoms with van der Waals surface area (Å²) in [5.41, 5.74) is 1.27. The fourth-order valence-electron chi connectivity index (χ4n) is 3.18. The molecule has 5 nitrogen and oxygen atoms in total. The highest BCUT2D eigenvalue weighted by atomic mass is 32.2. The number of hydrogen-bond acceptors (Lipinski definition) is 5. The monoisotopic (exact) mass is 360 g/mol. The zero-order valence-electron chi connectivity index (χ0n) is 15.1. The second-order valence-corrected chi connectivity index (χ2v) is 8.11. The van der Waals surface area contributed by atoms with E-state index in [1.54, 1.807) is 11.8 Å². The van der Waals surface area contributed by atoms with Gasteiger partial charge in [0, 0.05) is 24.1 Å². The molecule has 1 aliphatic heterocycles. The van der Waals surface area contributed by atoms with E-state index >= 15 is 0 Å². The Hall–Kier alpha value is -1.79. The molecular weight excluding hydrogens is 336 g/mol. The highest BCUT2D eigenvalue weighted by Crippen LogP contribution is 2.29. The number of thioether (sulfide) groups is 1. The molecule has 0 aliphatic carbocycles. The number of carbonyl (C=O) groups excluding carboxylic acids is 1.